The number of para-hydroxylation sites is 8. The Bertz CT molecular complexity index is 8270. The molecule has 4 heteroatoms. The minimum absolute atomic E-state index is 1.12. The fourth-order valence-corrected chi connectivity index (χ4v) is 21.0. The van der Waals surface area contributed by atoms with E-state index in [9.17, 15) is 0 Å². The van der Waals surface area contributed by atoms with E-state index in [4.69, 9.17) is 0 Å². The second kappa shape index (κ2) is 26.7. The molecular formula is C118H72N4. The number of hydrogen-bond acceptors (Lipinski definition) is 0. The van der Waals surface area contributed by atoms with Crippen molar-refractivity contribution < 1.29 is 0 Å². The minimum atomic E-state index is 1.12. The van der Waals surface area contributed by atoms with E-state index in [1.807, 2.05) is 0 Å². The summed E-state index contributed by atoms with van der Waals surface area (Å²) in [5, 5.41) is 20.2. The SMILES string of the molecule is c1cc2c3c(ccc(-c4cc(-n5c6ccccc6c6ccccc65)cc(-n5c6ccccc6c6ccccc65)c4)c3c1)-c1cc(-c3cc(-n4c5ccccc5c5ccccc54)cc(-n4c5ccccc5c5ccccc54)c3)ccc1-2.c1ccc(-c2ccc3cc(-c4ccc5cc(-c6ccc7c8c(cccc68)-c6ccccc6-7)ccc5c4)ccc3c2)cc1. The lowest BCUT2D eigenvalue weighted by atomic mass is 9.92. The molecule has 4 heterocycles. The average molecular weight is 1550 g/mol. The van der Waals surface area contributed by atoms with Gasteiger partial charge in [-0.05, 0) is 258 Å². The van der Waals surface area contributed by atoms with Gasteiger partial charge in [0.15, 0.2) is 0 Å². The van der Waals surface area contributed by atoms with Crippen LogP contribution in [0.1, 0.15) is 0 Å². The standard InChI is InChI=1S/C76H46N4.C42H26/c1-9-28-68-56(18-1)57-19-2-10-29-69(57)77(68)50-40-48(41-51(45-50)78-70-30-11-3-20-58(70)59-21-4-12-31-71(59)78)47-36-37-55-65-27-17-26-64-54(38-39-66(76(64)65)67(55)44-47)49-42-52(79-72-32-13-5-22-60(72)61-23-6-14-33-73(61)79)46-53(43-49)80-74-34-15-7-24-62(74)63-25-8-16-35-75(63)80;1-2-7-27(8-3-1)28-13-14-30-24-31(16-15-29(30)23-28)32-17-18-34-26-35(20-19-33(34)25-32)36-21-22-41-38-10-5-4-9-37(38)40-12-6-11-39(36)42(40)41/h1-46H;1-26H. The maximum atomic E-state index is 2.46. The van der Waals surface area contributed by atoms with Crippen LogP contribution in [-0.4, -0.2) is 18.3 Å². The zero-order valence-electron chi connectivity index (χ0n) is 66.4. The van der Waals surface area contributed by atoms with Gasteiger partial charge in [0.1, 0.15) is 0 Å². The molecule has 2 aliphatic rings. The molecule has 4 aromatic heterocycles. The van der Waals surface area contributed by atoms with Gasteiger partial charge in [-0.2, -0.15) is 0 Å². The summed E-state index contributed by atoms with van der Waals surface area (Å²) >= 11 is 0. The molecule has 122 heavy (non-hydrogen) atoms. The first-order chi connectivity index (χ1) is 60.5. The van der Waals surface area contributed by atoms with Gasteiger partial charge in [0, 0.05) is 65.8 Å². The maximum absolute atomic E-state index is 2.46. The minimum Gasteiger partial charge on any atom is -0.309 e. The van der Waals surface area contributed by atoms with E-state index in [0.717, 1.165) is 28.3 Å². The summed E-state index contributed by atoms with van der Waals surface area (Å²) in [6.07, 6.45) is 0. The van der Waals surface area contributed by atoms with Gasteiger partial charge in [0.2, 0.25) is 0 Å². The van der Waals surface area contributed by atoms with E-state index in [1.165, 1.54) is 225 Å². The van der Waals surface area contributed by atoms with Crippen LogP contribution in [0.2, 0.25) is 0 Å². The molecule has 0 amide bonds. The summed E-state index contributed by atoms with van der Waals surface area (Å²) in [5.74, 6) is 0. The fourth-order valence-electron chi connectivity index (χ4n) is 21.0. The number of rotatable bonds is 9. The van der Waals surface area contributed by atoms with Gasteiger partial charge in [-0.1, -0.05) is 322 Å². The number of nitrogens with zero attached hydrogens (tertiary/aromatic N) is 4. The first-order valence-corrected chi connectivity index (χ1v) is 42.3. The Kier molecular flexibility index (Phi) is 14.9. The third kappa shape index (κ3) is 10.3. The van der Waals surface area contributed by atoms with Crippen LogP contribution >= 0.6 is 0 Å². The second-order valence-electron chi connectivity index (χ2n) is 33.0. The Morgan fingerprint density at radius 2 is 0.361 bits per heavy atom. The smallest absolute Gasteiger partial charge is 0.0541 e. The lowest BCUT2D eigenvalue weighted by molar-refractivity contribution is 1.13. The number of aromatic nitrogens is 4. The van der Waals surface area contributed by atoms with Crippen LogP contribution in [0.15, 0.2) is 437 Å². The van der Waals surface area contributed by atoms with Gasteiger partial charge < -0.3 is 18.3 Å². The van der Waals surface area contributed by atoms with Crippen LogP contribution in [0.25, 0.3) is 253 Å². The van der Waals surface area contributed by atoms with E-state index >= 15 is 0 Å². The van der Waals surface area contributed by atoms with Crippen molar-refractivity contribution in [3.05, 3.63) is 437 Å². The zero-order chi connectivity index (χ0) is 79.8. The van der Waals surface area contributed by atoms with Crippen LogP contribution < -0.4 is 0 Å². The molecular weight excluding hydrogens is 1470 g/mol. The number of benzene rings is 21. The maximum Gasteiger partial charge on any atom is 0.0541 e. The van der Waals surface area contributed by atoms with Crippen LogP contribution in [0.5, 0.6) is 0 Å². The molecule has 0 saturated heterocycles. The Balaban J connectivity index is 0.000000160. The third-order valence-corrected chi connectivity index (χ3v) is 26.4. The highest BCUT2D eigenvalue weighted by atomic mass is 15.0. The van der Waals surface area contributed by atoms with Crippen molar-refractivity contribution in [2.75, 3.05) is 0 Å². The zero-order valence-corrected chi connectivity index (χ0v) is 66.4. The average Bonchev–Trinajstić information content (AvgIpc) is 1.56. The molecule has 0 bridgehead atoms. The number of hydrogen-bond donors (Lipinski definition) is 0. The normalized spacial score (nSPS) is 12.1. The Hall–Kier alpha value is -16.1. The molecule has 27 rings (SSSR count). The van der Waals surface area contributed by atoms with Crippen molar-refractivity contribution in [1.29, 1.82) is 0 Å². The van der Waals surface area contributed by atoms with Crippen molar-refractivity contribution in [2.45, 2.75) is 0 Å². The molecule has 564 valence electrons. The van der Waals surface area contributed by atoms with Gasteiger partial charge in [-0.25, -0.2) is 0 Å². The van der Waals surface area contributed by atoms with Gasteiger partial charge in [0.05, 0.1) is 44.1 Å². The molecule has 25 aromatic rings. The van der Waals surface area contributed by atoms with Crippen molar-refractivity contribution >= 4 is 130 Å². The van der Waals surface area contributed by atoms with E-state index in [-0.39, 0.29) is 0 Å². The van der Waals surface area contributed by atoms with Gasteiger partial charge in [-0.15, -0.1) is 0 Å². The predicted octanol–water partition coefficient (Wildman–Crippen LogP) is 32.0. The van der Waals surface area contributed by atoms with E-state index in [1.54, 1.807) is 0 Å². The molecule has 0 fully saturated rings. The largest absolute Gasteiger partial charge is 0.309 e. The highest BCUT2D eigenvalue weighted by Crippen LogP contribution is 2.54. The fraction of sp³-hybridized carbons (Fsp3) is 0. The molecule has 2 aliphatic carbocycles. The molecule has 0 radical (unpaired) electrons. The molecule has 0 saturated carbocycles. The highest BCUT2D eigenvalue weighted by Gasteiger charge is 2.28. The summed E-state index contributed by atoms with van der Waals surface area (Å²) in [6.45, 7) is 0. The quantitative estimate of drug-likeness (QED) is 0.137. The first kappa shape index (κ1) is 68.0. The lowest BCUT2D eigenvalue weighted by Crippen LogP contribution is -2.00. The predicted molar refractivity (Wildman–Crippen MR) is 516 cm³/mol. The van der Waals surface area contributed by atoms with Crippen LogP contribution in [0.3, 0.4) is 0 Å². The summed E-state index contributed by atoms with van der Waals surface area (Å²) in [6, 6.07) is 162. The number of fused-ring (bicyclic) bond motifs is 20. The van der Waals surface area contributed by atoms with Crippen LogP contribution in [0, 0.1) is 0 Å². The highest BCUT2D eigenvalue weighted by molar-refractivity contribution is 6.22. The summed E-state index contributed by atoms with van der Waals surface area (Å²) in [5.41, 5.74) is 36.7. The van der Waals surface area contributed by atoms with E-state index in [2.05, 4.69) is 455 Å². The third-order valence-electron chi connectivity index (χ3n) is 26.4. The van der Waals surface area contributed by atoms with Crippen LogP contribution in [0.4, 0.5) is 0 Å². The molecule has 0 spiro atoms. The monoisotopic (exact) mass is 1540 g/mol. The Morgan fingerprint density at radius 1 is 0.115 bits per heavy atom. The van der Waals surface area contributed by atoms with Crippen molar-refractivity contribution in [1.82, 2.24) is 18.3 Å². The van der Waals surface area contributed by atoms with E-state index in [0.29, 0.717) is 0 Å². The lowest BCUT2D eigenvalue weighted by Gasteiger charge is -2.17. The summed E-state index contributed by atoms with van der Waals surface area (Å²) in [7, 11) is 0. The molecule has 0 aliphatic heterocycles. The first-order valence-electron chi connectivity index (χ1n) is 42.3. The van der Waals surface area contributed by atoms with Crippen molar-refractivity contribution in [2.24, 2.45) is 0 Å². The molecule has 0 atom stereocenters. The van der Waals surface area contributed by atoms with Gasteiger partial charge in [-0.3, -0.25) is 0 Å². The summed E-state index contributed by atoms with van der Waals surface area (Å²) < 4.78 is 9.84. The second-order valence-corrected chi connectivity index (χ2v) is 33.0. The topological polar surface area (TPSA) is 19.7 Å². The molecule has 0 unspecified atom stereocenters. The molecule has 4 nitrogen and oxygen atoms in total. The van der Waals surface area contributed by atoms with Gasteiger partial charge >= 0.3 is 0 Å². The summed E-state index contributed by atoms with van der Waals surface area (Å²) in [4.78, 5) is 0. The molecule has 21 aromatic carbocycles. The van der Waals surface area contributed by atoms with E-state index < -0.39 is 0 Å². The van der Waals surface area contributed by atoms with Crippen molar-refractivity contribution in [3.8, 4) is 123 Å². The Morgan fingerprint density at radius 3 is 0.746 bits per heavy atom. The van der Waals surface area contributed by atoms with Gasteiger partial charge in [0.25, 0.3) is 0 Å². The van der Waals surface area contributed by atoms with Crippen molar-refractivity contribution in [3.63, 3.8) is 0 Å². The molecule has 0 N–H and O–H groups in total. The Labute approximate surface area is 703 Å². The van der Waals surface area contributed by atoms with Crippen LogP contribution in [-0.2, 0) is 0 Å².